The van der Waals surface area contributed by atoms with Crippen molar-refractivity contribution in [2.24, 2.45) is 4.99 Å². The normalized spacial score (nSPS) is 13.8. The Bertz CT molecular complexity index is 1560. The summed E-state index contributed by atoms with van der Waals surface area (Å²) in [6.07, 6.45) is 1.64. The van der Waals surface area contributed by atoms with Crippen LogP contribution in [0.1, 0.15) is 16.7 Å². The topological polar surface area (TPSA) is 91.0 Å². The quantitative estimate of drug-likeness (QED) is 0.0900. The summed E-state index contributed by atoms with van der Waals surface area (Å²) in [5, 5.41) is 10.8. The highest BCUT2D eigenvalue weighted by Crippen LogP contribution is 2.36. The predicted octanol–water partition coefficient (Wildman–Crippen LogP) is 7.71. The molecule has 4 aromatic carbocycles. The highest BCUT2D eigenvalue weighted by Gasteiger charge is 2.24. The lowest BCUT2D eigenvalue weighted by Gasteiger charge is -2.11. The van der Waals surface area contributed by atoms with Crippen LogP contribution in [-0.4, -0.2) is 16.8 Å². The molecule has 1 aliphatic heterocycles. The highest BCUT2D eigenvalue weighted by molar-refractivity contribution is 9.11. The van der Waals surface area contributed by atoms with Gasteiger partial charge in [-0.3, -0.25) is 10.1 Å². The van der Waals surface area contributed by atoms with Gasteiger partial charge in [0.25, 0.3) is 5.69 Å². The van der Waals surface area contributed by atoms with Gasteiger partial charge in [-0.15, -0.1) is 0 Å². The second-order valence-electron chi connectivity index (χ2n) is 8.31. The number of halogens is 2. The molecule has 4 aromatic rings. The van der Waals surface area contributed by atoms with Crippen molar-refractivity contribution in [3.63, 3.8) is 0 Å². The number of hydrogen-bond acceptors (Lipinski definition) is 6. The SMILES string of the molecule is O=C1OC(c2ccc(-c3ccccc3)cc2)=N/C1=C\c1cc(Br)c(OCc2ccc([N+](=O)[O-])cc2)c(Br)c1. The number of nitro benzene ring substituents is 1. The number of carbonyl (C=O) groups excluding carboxylic acids is 1. The fraction of sp³-hybridized carbons (Fsp3) is 0.0345. The molecular weight excluding hydrogens is 616 g/mol. The van der Waals surface area contributed by atoms with Crippen LogP contribution in [0.5, 0.6) is 5.75 Å². The Morgan fingerprint density at radius 2 is 1.47 bits per heavy atom. The standard InChI is InChI=1S/C29H18Br2N2O5/c30-24-14-19(15-25(31)27(24)37-17-18-6-12-23(13-7-18)33(35)36)16-26-29(34)38-28(32-26)22-10-8-21(9-11-22)20-4-2-1-3-5-20/h1-16H,17H2/b26-16-. The van der Waals surface area contributed by atoms with E-state index in [1.165, 1.54) is 12.1 Å². The van der Waals surface area contributed by atoms with Crippen LogP contribution < -0.4 is 4.74 Å². The summed E-state index contributed by atoms with van der Waals surface area (Å²) in [5.74, 6) is 0.280. The zero-order chi connectivity index (χ0) is 26.6. The number of benzene rings is 4. The first kappa shape index (κ1) is 25.6. The van der Waals surface area contributed by atoms with Gasteiger partial charge in [-0.25, -0.2) is 9.79 Å². The summed E-state index contributed by atoms with van der Waals surface area (Å²) in [4.78, 5) is 27.3. The Morgan fingerprint density at radius 1 is 0.868 bits per heavy atom. The Morgan fingerprint density at radius 3 is 2.11 bits per heavy atom. The Balaban J connectivity index is 1.31. The molecule has 0 N–H and O–H groups in total. The van der Waals surface area contributed by atoms with Gasteiger partial charge in [0.05, 0.1) is 13.9 Å². The van der Waals surface area contributed by atoms with Crippen molar-refractivity contribution < 1.29 is 19.2 Å². The number of non-ortho nitro benzene ring substituents is 1. The molecule has 9 heteroatoms. The molecule has 5 rings (SSSR count). The molecule has 0 unspecified atom stereocenters. The highest BCUT2D eigenvalue weighted by atomic mass is 79.9. The van der Waals surface area contributed by atoms with Crippen molar-refractivity contribution in [3.05, 3.63) is 132 Å². The van der Waals surface area contributed by atoms with E-state index in [1.807, 2.05) is 54.6 Å². The Hall–Kier alpha value is -4.08. The number of ether oxygens (including phenoxy) is 2. The number of esters is 1. The molecule has 0 bridgehead atoms. The summed E-state index contributed by atoms with van der Waals surface area (Å²) in [6, 6.07) is 27.5. The van der Waals surface area contributed by atoms with Crippen molar-refractivity contribution in [2.45, 2.75) is 6.61 Å². The first-order valence-corrected chi connectivity index (χ1v) is 13.0. The number of rotatable bonds is 7. The molecule has 0 aromatic heterocycles. The first-order chi connectivity index (χ1) is 18.4. The molecule has 0 saturated carbocycles. The van der Waals surface area contributed by atoms with Gasteiger partial charge in [0.1, 0.15) is 12.4 Å². The molecule has 0 spiro atoms. The smallest absolute Gasteiger partial charge is 0.363 e. The van der Waals surface area contributed by atoms with Crippen molar-refractivity contribution in [2.75, 3.05) is 0 Å². The molecular formula is C29H18Br2N2O5. The molecule has 0 atom stereocenters. The van der Waals surface area contributed by atoms with Crippen molar-refractivity contribution in [1.29, 1.82) is 0 Å². The molecule has 188 valence electrons. The van der Waals surface area contributed by atoms with E-state index < -0.39 is 10.9 Å². The van der Waals surface area contributed by atoms with Crippen LogP contribution >= 0.6 is 31.9 Å². The van der Waals surface area contributed by atoms with Gasteiger partial charge >= 0.3 is 5.97 Å². The first-order valence-electron chi connectivity index (χ1n) is 11.4. The lowest BCUT2D eigenvalue weighted by Crippen LogP contribution is -2.05. The molecule has 0 fully saturated rings. The minimum atomic E-state index is -0.530. The second-order valence-corrected chi connectivity index (χ2v) is 10.0. The number of carbonyl (C=O) groups is 1. The van der Waals surface area contributed by atoms with Gasteiger partial charge in [-0.1, -0.05) is 42.5 Å². The van der Waals surface area contributed by atoms with E-state index in [9.17, 15) is 14.9 Å². The van der Waals surface area contributed by atoms with Crippen LogP contribution in [0.3, 0.4) is 0 Å². The second kappa shape index (κ2) is 11.1. The maximum Gasteiger partial charge on any atom is 0.363 e. The van der Waals surface area contributed by atoms with E-state index in [4.69, 9.17) is 9.47 Å². The summed E-state index contributed by atoms with van der Waals surface area (Å²) in [6.45, 7) is 0.221. The van der Waals surface area contributed by atoms with Gasteiger partial charge in [0.2, 0.25) is 5.90 Å². The van der Waals surface area contributed by atoms with Crippen LogP contribution in [0, 0.1) is 10.1 Å². The summed E-state index contributed by atoms with van der Waals surface area (Å²) in [7, 11) is 0. The van der Waals surface area contributed by atoms with Crippen LogP contribution in [0.15, 0.2) is 111 Å². The van der Waals surface area contributed by atoms with E-state index in [0.717, 1.165) is 16.7 Å². The fourth-order valence-corrected chi connectivity index (χ4v) is 5.25. The monoisotopic (exact) mass is 632 g/mol. The Kier molecular flexibility index (Phi) is 7.48. The molecule has 0 radical (unpaired) electrons. The minimum absolute atomic E-state index is 0.0222. The van der Waals surface area contributed by atoms with E-state index in [1.54, 1.807) is 30.3 Å². The van der Waals surface area contributed by atoms with Crippen LogP contribution in [0.4, 0.5) is 5.69 Å². The summed E-state index contributed by atoms with van der Waals surface area (Å²) >= 11 is 7.03. The maximum atomic E-state index is 12.5. The molecule has 1 heterocycles. The number of nitrogens with zero attached hydrogens (tertiary/aromatic N) is 2. The zero-order valence-electron chi connectivity index (χ0n) is 19.6. The van der Waals surface area contributed by atoms with Gasteiger partial charge in [0, 0.05) is 17.7 Å². The average Bonchev–Trinajstić information content (AvgIpc) is 3.29. The molecule has 0 aliphatic carbocycles. The number of cyclic esters (lactones) is 1. The number of hydrogen-bond donors (Lipinski definition) is 0. The van der Waals surface area contributed by atoms with E-state index in [2.05, 4.69) is 36.9 Å². The van der Waals surface area contributed by atoms with Crippen molar-refractivity contribution in [1.82, 2.24) is 0 Å². The van der Waals surface area contributed by atoms with E-state index >= 15 is 0 Å². The average molecular weight is 634 g/mol. The maximum absolute atomic E-state index is 12.5. The third-order valence-corrected chi connectivity index (χ3v) is 6.89. The van der Waals surface area contributed by atoms with Gasteiger partial charge in [-0.05, 0) is 96.6 Å². The lowest BCUT2D eigenvalue weighted by molar-refractivity contribution is -0.384. The molecule has 0 saturated heterocycles. The third-order valence-electron chi connectivity index (χ3n) is 5.71. The summed E-state index contributed by atoms with van der Waals surface area (Å²) in [5.41, 5.74) is 4.57. The van der Waals surface area contributed by atoms with E-state index in [0.29, 0.717) is 25.8 Å². The fourth-order valence-electron chi connectivity index (χ4n) is 3.80. The van der Waals surface area contributed by atoms with Crippen molar-refractivity contribution in [3.8, 4) is 16.9 Å². The number of aliphatic imine (C=N–C) groups is 1. The predicted molar refractivity (Wildman–Crippen MR) is 152 cm³/mol. The van der Waals surface area contributed by atoms with Gasteiger partial charge in [0.15, 0.2) is 5.70 Å². The van der Waals surface area contributed by atoms with Crippen LogP contribution in [-0.2, 0) is 16.1 Å². The van der Waals surface area contributed by atoms with E-state index in [-0.39, 0.29) is 23.9 Å². The minimum Gasteiger partial charge on any atom is -0.487 e. The summed E-state index contributed by atoms with van der Waals surface area (Å²) < 4.78 is 12.7. The van der Waals surface area contributed by atoms with Crippen LogP contribution in [0.2, 0.25) is 0 Å². The van der Waals surface area contributed by atoms with Gasteiger partial charge in [-0.2, -0.15) is 0 Å². The molecule has 7 nitrogen and oxygen atoms in total. The third kappa shape index (κ3) is 5.74. The zero-order valence-corrected chi connectivity index (χ0v) is 22.8. The van der Waals surface area contributed by atoms with Gasteiger partial charge < -0.3 is 9.47 Å². The number of nitro groups is 1. The van der Waals surface area contributed by atoms with Crippen LogP contribution in [0.25, 0.3) is 17.2 Å². The molecule has 1 aliphatic rings. The molecule has 38 heavy (non-hydrogen) atoms. The molecule has 0 amide bonds. The largest absolute Gasteiger partial charge is 0.487 e. The van der Waals surface area contributed by atoms with Crippen molar-refractivity contribution >= 4 is 55.5 Å². The Labute approximate surface area is 234 Å². The lowest BCUT2D eigenvalue weighted by atomic mass is 10.0.